The molecular weight excluding hydrogens is 198 g/mol. The zero-order valence-electron chi connectivity index (χ0n) is 10.0. The maximum Gasteiger partial charge on any atom is 0.128 e. The average Bonchev–Trinajstić information content (AvgIpc) is 2.25. The molecule has 0 saturated heterocycles. The van der Waals surface area contributed by atoms with E-state index >= 15 is 0 Å². The number of nitrogens with zero attached hydrogens (tertiary/aromatic N) is 2. The first-order chi connectivity index (χ1) is 7.79. The summed E-state index contributed by atoms with van der Waals surface area (Å²) in [5.41, 5.74) is 6.74. The Hall–Kier alpha value is -1.09. The molecular formula is C13H21N3. The van der Waals surface area contributed by atoms with Crippen molar-refractivity contribution in [3.05, 3.63) is 23.9 Å². The van der Waals surface area contributed by atoms with Crippen LogP contribution in [0, 0.1) is 5.92 Å². The summed E-state index contributed by atoms with van der Waals surface area (Å²) in [7, 11) is 2.13. The third kappa shape index (κ3) is 2.73. The Balaban J connectivity index is 1.91. The van der Waals surface area contributed by atoms with Crippen molar-refractivity contribution in [3.8, 4) is 0 Å². The van der Waals surface area contributed by atoms with Crippen LogP contribution in [0.1, 0.15) is 24.8 Å². The lowest BCUT2D eigenvalue weighted by Gasteiger charge is -2.30. The summed E-state index contributed by atoms with van der Waals surface area (Å²) >= 11 is 0. The molecule has 2 N–H and O–H groups in total. The van der Waals surface area contributed by atoms with Gasteiger partial charge in [0.1, 0.15) is 5.82 Å². The predicted molar refractivity (Wildman–Crippen MR) is 67.6 cm³/mol. The summed E-state index contributed by atoms with van der Waals surface area (Å²) in [6, 6.07) is 4.23. The van der Waals surface area contributed by atoms with Crippen LogP contribution in [-0.4, -0.2) is 25.1 Å². The van der Waals surface area contributed by atoms with Crippen molar-refractivity contribution >= 4 is 5.82 Å². The molecule has 3 heteroatoms. The molecule has 1 fully saturated rings. The van der Waals surface area contributed by atoms with Gasteiger partial charge in [0.25, 0.3) is 0 Å². The Labute approximate surface area is 97.7 Å². The van der Waals surface area contributed by atoms with E-state index in [1.807, 2.05) is 6.20 Å². The van der Waals surface area contributed by atoms with E-state index in [9.17, 15) is 0 Å². The zero-order valence-corrected chi connectivity index (χ0v) is 10.0. The summed E-state index contributed by atoms with van der Waals surface area (Å²) in [6.45, 7) is 1.84. The van der Waals surface area contributed by atoms with Crippen LogP contribution in [0.2, 0.25) is 0 Å². The number of anilines is 1. The van der Waals surface area contributed by atoms with Gasteiger partial charge < -0.3 is 10.6 Å². The first-order valence-electron chi connectivity index (χ1n) is 6.15. The second kappa shape index (κ2) is 5.30. The van der Waals surface area contributed by atoms with E-state index in [1.54, 1.807) is 0 Å². The largest absolute Gasteiger partial charge is 0.359 e. The Morgan fingerprint density at radius 1 is 1.44 bits per heavy atom. The predicted octanol–water partition coefficient (Wildman–Crippen LogP) is 1.82. The van der Waals surface area contributed by atoms with Gasteiger partial charge in [-0.05, 0) is 43.4 Å². The highest BCUT2D eigenvalue weighted by atomic mass is 15.2. The van der Waals surface area contributed by atoms with Crippen LogP contribution in [-0.2, 0) is 6.42 Å². The molecule has 3 nitrogen and oxygen atoms in total. The number of aromatic nitrogens is 1. The van der Waals surface area contributed by atoms with Crippen molar-refractivity contribution in [2.24, 2.45) is 11.7 Å². The number of rotatable bonds is 5. The van der Waals surface area contributed by atoms with Crippen molar-refractivity contribution < 1.29 is 0 Å². The van der Waals surface area contributed by atoms with Crippen LogP contribution in [0.4, 0.5) is 5.82 Å². The van der Waals surface area contributed by atoms with Crippen molar-refractivity contribution in [2.45, 2.75) is 25.7 Å². The molecule has 16 heavy (non-hydrogen) atoms. The summed E-state index contributed by atoms with van der Waals surface area (Å²) in [5.74, 6) is 1.96. The highest BCUT2D eigenvalue weighted by molar-refractivity contribution is 5.38. The second-order valence-corrected chi connectivity index (χ2v) is 4.74. The average molecular weight is 219 g/mol. The molecule has 0 radical (unpaired) electrons. The third-order valence-electron chi connectivity index (χ3n) is 3.39. The molecule has 1 saturated carbocycles. The Bertz CT molecular complexity index is 316. The van der Waals surface area contributed by atoms with Gasteiger partial charge in [0, 0.05) is 19.8 Å². The molecule has 1 aliphatic rings. The fourth-order valence-corrected chi connectivity index (χ4v) is 2.11. The van der Waals surface area contributed by atoms with Crippen molar-refractivity contribution in [3.63, 3.8) is 0 Å². The van der Waals surface area contributed by atoms with Gasteiger partial charge >= 0.3 is 0 Å². The maximum absolute atomic E-state index is 5.51. The van der Waals surface area contributed by atoms with Crippen LogP contribution in [0.5, 0.6) is 0 Å². The lowest BCUT2D eigenvalue weighted by atomic mass is 9.85. The molecule has 0 bridgehead atoms. The van der Waals surface area contributed by atoms with Gasteiger partial charge in [-0.25, -0.2) is 4.98 Å². The van der Waals surface area contributed by atoms with Gasteiger partial charge in [0.05, 0.1) is 0 Å². The fourth-order valence-electron chi connectivity index (χ4n) is 2.11. The minimum Gasteiger partial charge on any atom is -0.359 e. The van der Waals surface area contributed by atoms with Crippen LogP contribution in [0.15, 0.2) is 18.3 Å². The Kier molecular flexibility index (Phi) is 3.78. The topological polar surface area (TPSA) is 42.1 Å². The normalized spacial score (nSPS) is 15.9. The lowest BCUT2D eigenvalue weighted by molar-refractivity contribution is 0.321. The highest BCUT2D eigenvalue weighted by Crippen LogP contribution is 2.27. The SMILES string of the molecule is CN(CC1CCC1)c1ccc(CCN)cn1. The molecule has 0 atom stereocenters. The molecule has 1 aliphatic carbocycles. The maximum atomic E-state index is 5.51. The Morgan fingerprint density at radius 3 is 2.75 bits per heavy atom. The molecule has 1 aromatic rings. The molecule has 0 spiro atoms. The number of pyridine rings is 1. The molecule has 0 aromatic carbocycles. The van der Waals surface area contributed by atoms with E-state index in [4.69, 9.17) is 5.73 Å². The van der Waals surface area contributed by atoms with Crippen molar-refractivity contribution in [2.75, 3.05) is 25.0 Å². The number of hydrogen-bond donors (Lipinski definition) is 1. The minimum atomic E-state index is 0.693. The van der Waals surface area contributed by atoms with Crippen LogP contribution < -0.4 is 10.6 Å². The molecule has 0 aliphatic heterocycles. The van der Waals surface area contributed by atoms with Gasteiger partial charge in [-0.15, -0.1) is 0 Å². The van der Waals surface area contributed by atoms with Gasteiger partial charge in [-0.3, -0.25) is 0 Å². The quantitative estimate of drug-likeness (QED) is 0.821. The lowest BCUT2D eigenvalue weighted by Crippen LogP contribution is -2.29. The van der Waals surface area contributed by atoms with Crippen molar-refractivity contribution in [1.29, 1.82) is 0 Å². The Morgan fingerprint density at radius 2 is 2.25 bits per heavy atom. The first kappa shape index (κ1) is 11.4. The summed E-state index contributed by atoms with van der Waals surface area (Å²) in [5, 5.41) is 0. The molecule has 0 amide bonds. The number of nitrogens with two attached hydrogens (primary N) is 1. The van der Waals surface area contributed by atoms with Crippen LogP contribution >= 0.6 is 0 Å². The van der Waals surface area contributed by atoms with Crippen molar-refractivity contribution in [1.82, 2.24) is 4.98 Å². The van der Waals surface area contributed by atoms with E-state index in [0.29, 0.717) is 6.54 Å². The monoisotopic (exact) mass is 219 g/mol. The molecule has 1 heterocycles. The van der Waals surface area contributed by atoms with E-state index in [0.717, 1.165) is 24.7 Å². The number of hydrogen-bond acceptors (Lipinski definition) is 3. The summed E-state index contributed by atoms with van der Waals surface area (Å²) in [4.78, 5) is 6.74. The van der Waals surface area contributed by atoms with E-state index in [1.165, 1.54) is 24.8 Å². The third-order valence-corrected chi connectivity index (χ3v) is 3.39. The fraction of sp³-hybridized carbons (Fsp3) is 0.615. The highest BCUT2D eigenvalue weighted by Gasteiger charge is 2.19. The van der Waals surface area contributed by atoms with Crippen LogP contribution in [0.3, 0.4) is 0 Å². The smallest absolute Gasteiger partial charge is 0.128 e. The first-order valence-corrected chi connectivity index (χ1v) is 6.15. The molecule has 0 unspecified atom stereocenters. The van der Waals surface area contributed by atoms with E-state index in [-0.39, 0.29) is 0 Å². The standard InChI is InChI=1S/C13H21N3/c1-16(10-12-3-2-4-12)13-6-5-11(7-8-14)9-15-13/h5-6,9,12H,2-4,7-8,10,14H2,1H3. The molecule has 2 rings (SSSR count). The van der Waals surface area contributed by atoms with E-state index in [2.05, 4.69) is 29.1 Å². The minimum absolute atomic E-state index is 0.693. The second-order valence-electron chi connectivity index (χ2n) is 4.74. The summed E-state index contributed by atoms with van der Waals surface area (Å²) in [6.07, 6.45) is 7.03. The van der Waals surface area contributed by atoms with Crippen LogP contribution in [0.25, 0.3) is 0 Å². The van der Waals surface area contributed by atoms with Gasteiger partial charge in [0.15, 0.2) is 0 Å². The zero-order chi connectivity index (χ0) is 11.4. The van der Waals surface area contributed by atoms with Gasteiger partial charge in [0.2, 0.25) is 0 Å². The summed E-state index contributed by atoms with van der Waals surface area (Å²) < 4.78 is 0. The van der Waals surface area contributed by atoms with Gasteiger partial charge in [-0.2, -0.15) is 0 Å². The van der Waals surface area contributed by atoms with Gasteiger partial charge in [-0.1, -0.05) is 12.5 Å². The van der Waals surface area contributed by atoms with E-state index < -0.39 is 0 Å². The molecule has 88 valence electrons. The molecule has 1 aromatic heterocycles.